The van der Waals surface area contributed by atoms with Crippen molar-refractivity contribution in [3.63, 3.8) is 0 Å². The quantitative estimate of drug-likeness (QED) is 0.736. The first kappa shape index (κ1) is 14.8. The van der Waals surface area contributed by atoms with Gasteiger partial charge in [0.25, 0.3) is 0 Å². The van der Waals surface area contributed by atoms with Gasteiger partial charge in [-0.2, -0.15) is 5.10 Å². The van der Waals surface area contributed by atoms with Gasteiger partial charge >= 0.3 is 0 Å². The number of hydrogen-bond acceptors (Lipinski definition) is 5. The molecule has 6 heteroatoms. The van der Waals surface area contributed by atoms with Crippen LogP contribution in [0.2, 0.25) is 0 Å². The van der Waals surface area contributed by atoms with Crippen LogP contribution in [0.5, 0.6) is 0 Å². The van der Waals surface area contributed by atoms with Crippen LogP contribution in [0.15, 0.2) is 42.9 Å². The molecule has 2 fully saturated rings. The summed E-state index contributed by atoms with van der Waals surface area (Å²) < 4.78 is 1.90. The van der Waals surface area contributed by atoms with Gasteiger partial charge < -0.3 is 4.90 Å². The summed E-state index contributed by atoms with van der Waals surface area (Å²) >= 11 is 0. The average molecular weight is 334 g/mol. The molecule has 2 aliphatic rings. The molecule has 1 aromatic carbocycles. The van der Waals surface area contributed by atoms with Crippen molar-refractivity contribution in [3.05, 3.63) is 42.9 Å². The van der Waals surface area contributed by atoms with Crippen LogP contribution in [-0.4, -0.2) is 56.9 Å². The highest BCUT2D eigenvalue weighted by atomic mass is 15.3. The Morgan fingerprint density at radius 2 is 1.80 bits per heavy atom. The van der Waals surface area contributed by atoms with E-state index < -0.39 is 0 Å². The summed E-state index contributed by atoms with van der Waals surface area (Å²) in [5.41, 5.74) is 1.90. The molecule has 128 valence electrons. The monoisotopic (exact) mass is 334 g/mol. The van der Waals surface area contributed by atoms with Crippen LogP contribution in [0.4, 0.5) is 5.82 Å². The first-order chi connectivity index (χ1) is 12.4. The van der Waals surface area contributed by atoms with E-state index in [9.17, 15) is 0 Å². The Hall–Kier alpha value is -2.47. The first-order valence-corrected chi connectivity index (χ1v) is 9.13. The van der Waals surface area contributed by atoms with Gasteiger partial charge in [-0.1, -0.05) is 18.2 Å². The molecule has 1 atom stereocenters. The van der Waals surface area contributed by atoms with Crippen LogP contribution < -0.4 is 4.90 Å². The van der Waals surface area contributed by atoms with Gasteiger partial charge in [-0.15, -0.1) is 0 Å². The molecule has 0 aliphatic carbocycles. The van der Waals surface area contributed by atoms with Gasteiger partial charge in [0.05, 0.1) is 17.3 Å². The molecule has 0 spiro atoms. The molecular formula is C19H22N6. The van der Waals surface area contributed by atoms with Crippen molar-refractivity contribution in [2.24, 2.45) is 0 Å². The van der Waals surface area contributed by atoms with E-state index >= 15 is 0 Å². The zero-order valence-corrected chi connectivity index (χ0v) is 14.3. The maximum atomic E-state index is 4.60. The topological polar surface area (TPSA) is 50.1 Å². The van der Waals surface area contributed by atoms with E-state index in [0.717, 1.165) is 35.6 Å². The van der Waals surface area contributed by atoms with E-state index in [-0.39, 0.29) is 0 Å². The van der Waals surface area contributed by atoms with Crippen LogP contribution in [0, 0.1) is 0 Å². The molecule has 25 heavy (non-hydrogen) atoms. The van der Waals surface area contributed by atoms with Crippen LogP contribution in [0.3, 0.4) is 0 Å². The van der Waals surface area contributed by atoms with Crippen molar-refractivity contribution in [1.29, 1.82) is 0 Å². The van der Waals surface area contributed by atoms with Gasteiger partial charge in [0.2, 0.25) is 0 Å². The number of para-hydroxylation sites is 1. The Labute approximate surface area is 147 Å². The Morgan fingerprint density at radius 1 is 0.960 bits per heavy atom. The van der Waals surface area contributed by atoms with E-state index in [0.29, 0.717) is 6.04 Å². The molecule has 4 heterocycles. The first-order valence-electron chi connectivity index (χ1n) is 9.13. The second-order valence-corrected chi connectivity index (χ2v) is 6.96. The fraction of sp³-hybridized carbons (Fsp3) is 0.421. The number of anilines is 1. The summed E-state index contributed by atoms with van der Waals surface area (Å²) in [5, 5.41) is 5.61. The molecule has 0 radical (unpaired) electrons. The van der Waals surface area contributed by atoms with E-state index in [1.165, 1.54) is 32.4 Å². The minimum Gasteiger partial charge on any atom is -0.354 e. The number of aromatic nitrogens is 4. The molecule has 0 saturated carbocycles. The lowest BCUT2D eigenvalue weighted by atomic mass is 10.2. The zero-order chi connectivity index (χ0) is 16.6. The van der Waals surface area contributed by atoms with E-state index in [2.05, 4.69) is 24.9 Å². The largest absolute Gasteiger partial charge is 0.354 e. The average Bonchev–Trinajstić information content (AvgIpc) is 3.40. The Kier molecular flexibility index (Phi) is 3.63. The summed E-state index contributed by atoms with van der Waals surface area (Å²) in [6.07, 6.45) is 7.48. The molecule has 5 rings (SSSR count). The van der Waals surface area contributed by atoms with Crippen LogP contribution in [0.1, 0.15) is 19.3 Å². The predicted molar refractivity (Wildman–Crippen MR) is 98.1 cm³/mol. The third-order valence-electron chi connectivity index (χ3n) is 5.47. The predicted octanol–water partition coefficient (Wildman–Crippen LogP) is 2.49. The summed E-state index contributed by atoms with van der Waals surface area (Å²) in [5.74, 6) is 1.02. The molecule has 3 aromatic rings. The molecular weight excluding hydrogens is 312 g/mol. The van der Waals surface area contributed by atoms with Gasteiger partial charge in [0, 0.05) is 19.1 Å². The van der Waals surface area contributed by atoms with Crippen LogP contribution >= 0.6 is 0 Å². The zero-order valence-electron chi connectivity index (χ0n) is 14.3. The van der Waals surface area contributed by atoms with E-state index in [4.69, 9.17) is 0 Å². The number of nitrogens with zero attached hydrogens (tertiary/aromatic N) is 6. The number of benzene rings is 1. The number of likely N-dealkylation sites (tertiary alicyclic amines) is 1. The molecule has 0 amide bonds. The Morgan fingerprint density at radius 3 is 2.64 bits per heavy atom. The maximum Gasteiger partial charge on any atom is 0.168 e. The van der Waals surface area contributed by atoms with Crippen molar-refractivity contribution >= 4 is 16.9 Å². The van der Waals surface area contributed by atoms with Crippen molar-refractivity contribution in [3.8, 4) is 5.69 Å². The highest BCUT2D eigenvalue weighted by molar-refractivity contribution is 5.87. The molecule has 1 unspecified atom stereocenters. The maximum absolute atomic E-state index is 4.60. The molecule has 2 saturated heterocycles. The van der Waals surface area contributed by atoms with Crippen LogP contribution in [0.25, 0.3) is 16.7 Å². The summed E-state index contributed by atoms with van der Waals surface area (Å²) in [6, 6.07) is 10.8. The third-order valence-corrected chi connectivity index (χ3v) is 5.47. The van der Waals surface area contributed by atoms with Crippen molar-refractivity contribution in [2.45, 2.75) is 25.3 Å². The van der Waals surface area contributed by atoms with Gasteiger partial charge in [-0.05, 0) is 44.5 Å². The fourth-order valence-corrected chi connectivity index (χ4v) is 4.18. The molecule has 2 aliphatic heterocycles. The van der Waals surface area contributed by atoms with Crippen LogP contribution in [-0.2, 0) is 0 Å². The highest BCUT2D eigenvalue weighted by Gasteiger charge is 2.31. The molecule has 6 nitrogen and oxygen atoms in total. The molecule has 0 N–H and O–H groups in total. The van der Waals surface area contributed by atoms with Crippen molar-refractivity contribution in [1.82, 2.24) is 24.6 Å². The van der Waals surface area contributed by atoms with Gasteiger partial charge in [0.1, 0.15) is 12.1 Å². The second-order valence-electron chi connectivity index (χ2n) is 6.96. The molecule has 2 aromatic heterocycles. The minimum absolute atomic E-state index is 0.664. The normalized spacial score (nSPS) is 21.4. The lowest BCUT2D eigenvalue weighted by Gasteiger charge is -2.24. The summed E-state index contributed by atoms with van der Waals surface area (Å²) in [7, 11) is 0. The summed E-state index contributed by atoms with van der Waals surface area (Å²) in [4.78, 5) is 14.1. The van der Waals surface area contributed by atoms with Gasteiger partial charge in [0.15, 0.2) is 5.65 Å². The number of fused-ring (bicyclic) bond motifs is 1. The summed E-state index contributed by atoms with van der Waals surface area (Å²) in [6.45, 7) is 4.62. The Bertz CT molecular complexity index is 868. The SMILES string of the molecule is c1ccc(-n2ncc3c(N4CCC(N5CCCC5)C4)ncnc32)cc1. The second kappa shape index (κ2) is 6.11. The van der Waals surface area contributed by atoms with Gasteiger partial charge in [-0.3, -0.25) is 4.90 Å². The fourth-order valence-electron chi connectivity index (χ4n) is 4.18. The van der Waals surface area contributed by atoms with Crippen molar-refractivity contribution < 1.29 is 0 Å². The standard InChI is InChI=1S/C19H22N6/c1-2-6-15(7-3-1)25-19-17(12-22-25)18(20-14-21-19)24-11-8-16(13-24)23-9-4-5-10-23/h1-3,6-7,12,14,16H,4-5,8-11,13H2. The third kappa shape index (κ3) is 2.57. The van der Waals surface area contributed by atoms with E-state index in [1.807, 2.05) is 41.2 Å². The van der Waals surface area contributed by atoms with Crippen molar-refractivity contribution in [2.75, 3.05) is 31.1 Å². The van der Waals surface area contributed by atoms with E-state index in [1.54, 1.807) is 6.33 Å². The molecule has 0 bridgehead atoms. The number of rotatable bonds is 3. The highest BCUT2D eigenvalue weighted by Crippen LogP contribution is 2.29. The Balaban J connectivity index is 1.47. The minimum atomic E-state index is 0.664. The lowest BCUT2D eigenvalue weighted by molar-refractivity contribution is 0.260. The number of hydrogen-bond donors (Lipinski definition) is 0. The smallest absolute Gasteiger partial charge is 0.168 e. The lowest BCUT2D eigenvalue weighted by Crippen LogP contribution is -2.35. The van der Waals surface area contributed by atoms with Gasteiger partial charge in [-0.25, -0.2) is 14.6 Å².